The van der Waals surface area contributed by atoms with Crippen molar-refractivity contribution >= 4 is 35.6 Å². The fourth-order valence-electron chi connectivity index (χ4n) is 4.07. The minimum atomic E-state index is -0.779. The Labute approximate surface area is 202 Å². The first-order chi connectivity index (χ1) is 16.6. The van der Waals surface area contributed by atoms with Crippen LogP contribution in [-0.2, 0) is 14.4 Å². The number of rotatable bonds is 4. The lowest BCUT2D eigenvalue weighted by atomic mass is 10.1. The van der Waals surface area contributed by atoms with Crippen LogP contribution < -0.4 is 15.0 Å². The van der Waals surface area contributed by atoms with E-state index in [0.717, 1.165) is 33.1 Å². The number of carbonyl (C=O) groups excluding carboxylic acids is 4. The van der Waals surface area contributed by atoms with E-state index in [2.05, 4.69) is 5.32 Å². The van der Waals surface area contributed by atoms with Crippen LogP contribution in [0.2, 0.25) is 0 Å². The second kappa shape index (κ2) is 9.06. The minimum Gasteiger partial charge on any atom is -0.427 e. The third-order valence-electron chi connectivity index (χ3n) is 5.98. The van der Waals surface area contributed by atoms with E-state index in [1.165, 1.54) is 13.0 Å². The van der Waals surface area contributed by atoms with Crippen LogP contribution >= 0.6 is 0 Å². The zero-order chi connectivity index (χ0) is 25.4. The number of aryl methyl sites for hydroxylation is 3. The van der Waals surface area contributed by atoms with Crippen LogP contribution in [0.15, 0.2) is 54.1 Å². The summed E-state index contributed by atoms with van der Waals surface area (Å²) in [5.74, 6) is -1.39. The van der Waals surface area contributed by atoms with Gasteiger partial charge in [0.2, 0.25) is 0 Å². The van der Waals surface area contributed by atoms with Crippen LogP contribution in [0.1, 0.15) is 35.0 Å². The first kappa shape index (κ1) is 23.7. The van der Waals surface area contributed by atoms with Gasteiger partial charge in [-0.05, 0) is 92.9 Å². The molecular weight excluding hydrogens is 446 g/mol. The van der Waals surface area contributed by atoms with Gasteiger partial charge in [-0.1, -0.05) is 6.07 Å². The molecule has 4 rings (SSSR count). The Hall–Kier alpha value is -4.46. The second-order valence-corrected chi connectivity index (χ2v) is 8.48. The van der Waals surface area contributed by atoms with Crippen LogP contribution in [0.3, 0.4) is 0 Å². The van der Waals surface area contributed by atoms with Gasteiger partial charge in [0.1, 0.15) is 11.3 Å². The fourth-order valence-corrected chi connectivity index (χ4v) is 4.07. The summed E-state index contributed by atoms with van der Waals surface area (Å²) >= 11 is 0. The summed E-state index contributed by atoms with van der Waals surface area (Å²) < 4.78 is 7.05. The number of amides is 4. The highest BCUT2D eigenvalue weighted by atomic mass is 16.5. The van der Waals surface area contributed by atoms with Gasteiger partial charge in [0, 0.05) is 24.0 Å². The molecule has 0 atom stereocenters. The lowest BCUT2D eigenvalue weighted by molar-refractivity contribution is -0.132. The zero-order valence-electron chi connectivity index (χ0n) is 20.1. The van der Waals surface area contributed by atoms with E-state index in [1.807, 2.05) is 56.5 Å². The second-order valence-electron chi connectivity index (χ2n) is 8.48. The van der Waals surface area contributed by atoms with Gasteiger partial charge in [0.25, 0.3) is 11.8 Å². The van der Waals surface area contributed by atoms with Crippen LogP contribution in [0.5, 0.6) is 5.75 Å². The third kappa shape index (κ3) is 4.50. The Balaban J connectivity index is 1.71. The maximum Gasteiger partial charge on any atom is 0.335 e. The monoisotopic (exact) mass is 471 g/mol. The lowest BCUT2D eigenvalue weighted by Crippen LogP contribution is -2.54. The molecular formula is C27H25N3O5. The largest absolute Gasteiger partial charge is 0.427 e. The number of hydrogen-bond acceptors (Lipinski definition) is 5. The molecule has 1 saturated heterocycles. The molecule has 35 heavy (non-hydrogen) atoms. The van der Waals surface area contributed by atoms with E-state index in [-0.39, 0.29) is 5.57 Å². The highest BCUT2D eigenvalue weighted by Crippen LogP contribution is 2.27. The molecule has 3 aromatic rings. The summed E-state index contributed by atoms with van der Waals surface area (Å²) in [5, 5.41) is 2.27. The molecule has 1 N–H and O–H groups in total. The normalized spacial score (nSPS) is 14.9. The van der Waals surface area contributed by atoms with Crippen LogP contribution in [0.25, 0.3) is 11.8 Å². The number of benzene rings is 2. The molecule has 0 saturated carbocycles. The molecule has 2 aromatic carbocycles. The Morgan fingerprint density at radius 1 is 0.886 bits per heavy atom. The van der Waals surface area contributed by atoms with Crippen LogP contribution in [-0.4, -0.2) is 28.4 Å². The molecule has 1 aliphatic rings. The summed E-state index contributed by atoms with van der Waals surface area (Å²) in [4.78, 5) is 50.6. The summed E-state index contributed by atoms with van der Waals surface area (Å²) in [5.41, 5.74) is 5.38. The van der Waals surface area contributed by atoms with Crippen molar-refractivity contribution in [1.82, 2.24) is 9.88 Å². The van der Waals surface area contributed by atoms with Gasteiger partial charge in [0.15, 0.2) is 0 Å². The number of urea groups is 1. The number of barbiturate groups is 1. The number of imide groups is 2. The highest BCUT2D eigenvalue weighted by molar-refractivity contribution is 6.39. The zero-order valence-corrected chi connectivity index (χ0v) is 20.1. The smallest absolute Gasteiger partial charge is 0.335 e. The van der Waals surface area contributed by atoms with Gasteiger partial charge in [-0.3, -0.25) is 19.7 Å². The molecule has 0 spiro atoms. The SMILES string of the molecule is CC(=O)Oc1ccc(-n2c(C)cc(/C=C3\C(=O)NC(=O)N(c4ccc(C)c(C)c4)C3=O)c2C)cc1. The Morgan fingerprint density at radius 3 is 2.17 bits per heavy atom. The average Bonchev–Trinajstić information content (AvgIpc) is 3.06. The molecule has 0 aliphatic carbocycles. The average molecular weight is 472 g/mol. The summed E-state index contributed by atoms with van der Waals surface area (Å²) in [6, 6.07) is 13.3. The van der Waals surface area contributed by atoms with E-state index < -0.39 is 23.8 Å². The van der Waals surface area contributed by atoms with Crippen molar-refractivity contribution in [3.63, 3.8) is 0 Å². The van der Waals surface area contributed by atoms with Crippen molar-refractivity contribution < 1.29 is 23.9 Å². The molecule has 2 heterocycles. The van der Waals surface area contributed by atoms with Gasteiger partial charge in [-0.25, -0.2) is 9.69 Å². The van der Waals surface area contributed by atoms with Crippen molar-refractivity contribution in [2.45, 2.75) is 34.6 Å². The van der Waals surface area contributed by atoms with Gasteiger partial charge >= 0.3 is 12.0 Å². The third-order valence-corrected chi connectivity index (χ3v) is 5.98. The van der Waals surface area contributed by atoms with Crippen molar-refractivity contribution in [2.75, 3.05) is 4.90 Å². The molecule has 0 radical (unpaired) electrons. The Bertz CT molecular complexity index is 1410. The molecule has 178 valence electrons. The van der Waals surface area contributed by atoms with Gasteiger partial charge in [-0.15, -0.1) is 0 Å². The van der Waals surface area contributed by atoms with Crippen LogP contribution in [0, 0.1) is 27.7 Å². The molecule has 1 aliphatic heterocycles. The van der Waals surface area contributed by atoms with E-state index in [9.17, 15) is 19.2 Å². The fraction of sp³-hybridized carbons (Fsp3) is 0.185. The predicted octanol–water partition coefficient (Wildman–Crippen LogP) is 4.30. The molecule has 0 bridgehead atoms. The number of nitrogens with one attached hydrogen (secondary N) is 1. The minimum absolute atomic E-state index is 0.131. The van der Waals surface area contributed by atoms with Crippen molar-refractivity contribution in [3.8, 4) is 11.4 Å². The van der Waals surface area contributed by atoms with E-state index in [0.29, 0.717) is 17.0 Å². The maximum absolute atomic E-state index is 13.3. The molecule has 8 nitrogen and oxygen atoms in total. The maximum atomic E-state index is 13.3. The van der Waals surface area contributed by atoms with Gasteiger partial charge in [-0.2, -0.15) is 0 Å². The molecule has 4 amide bonds. The van der Waals surface area contributed by atoms with E-state index in [4.69, 9.17) is 4.74 Å². The number of nitrogens with zero attached hydrogens (tertiary/aromatic N) is 2. The Kier molecular flexibility index (Phi) is 6.13. The van der Waals surface area contributed by atoms with E-state index in [1.54, 1.807) is 24.3 Å². The lowest BCUT2D eigenvalue weighted by Gasteiger charge is -2.26. The summed E-state index contributed by atoms with van der Waals surface area (Å²) in [6.45, 7) is 8.94. The first-order valence-electron chi connectivity index (χ1n) is 11.0. The number of hydrogen-bond donors (Lipinski definition) is 1. The standard InChI is InChI=1S/C27H25N3O5/c1-15-6-7-22(12-16(15)2)30-26(33)24(25(32)28-27(30)34)14-20-13-17(3)29(18(20)4)21-8-10-23(11-9-21)35-19(5)31/h6-14H,1-5H3,(H,28,32,34)/b24-14+. The van der Waals surface area contributed by atoms with Crippen LogP contribution in [0.4, 0.5) is 10.5 Å². The topological polar surface area (TPSA) is 97.7 Å². The molecule has 1 fully saturated rings. The van der Waals surface area contributed by atoms with E-state index >= 15 is 0 Å². The number of esters is 1. The molecule has 8 heteroatoms. The summed E-state index contributed by atoms with van der Waals surface area (Å²) in [7, 11) is 0. The number of anilines is 1. The molecule has 0 unspecified atom stereocenters. The highest BCUT2D eigenvalue weighted by Gasteiger charge is 2.37. The Morgan fingerprint density at radius 2 is 1.54 bits per heavy atom. The molecule has 1 aromatic heterocycles. The van der Waals surface area contributed by atoms with Gasteiger partial charge < -0.3 is 9.30 Å². The van der Waals surface area contributed by atoms with Crippen molar-refractivity contribution in [1.29, 1.82) is 0 Å². The number of aromatic nitrogens is 1. The number of ether oxygens (including phenoxy) is 1. The van der Waals surface area contributed by atoms with Gasteiger partial charge in [0.05, 0.1) is 5.69 Å². The quantitative estimate of drug-likeness (QED) is 0.265. The van der Waals surface area contributed by atoms with Crippen molar-refractivity contribution in [2.24, 2.45) is 0 Å². The predicted molar refractivity (Wildman–Crippen MR) is 131 cm³/mol. The van der Waals surface area contributed by atoms with Crippen molar-refractivity contribution in [3.05, 3.63) is 82.2 Å². The first-order valence-corrected chi connectivity index (χ1v) is 11.0. The number of carbonyl (C=O) groups is 4. The summed E-state index contributed by atoms with van der Waals surface area (Å²) in [6.07, 6.45) is 1.50.